The van der Waals surface area contributed by atoms with Crippen molar-refractivity contribution < 1.29 is 14.0 Å². The minimum atomic E-state index is -1.01. The Morgan fingerprint density at radius 3 is 2.85 bits per heavy atom. The Morgan fingerprint density at radius 2 is 2.04 bits per heavy atom. The smallest absolute Gasteiger partial charge is 0.255 e. The zero-order valence-electron chi connectivity index (χ0n) is 14.5. The largest absolute Gasteiger partial charge is 0.467 e. The van der Waals surface area contributed by atoms with Crippen LogP contribution in [0.4, 0.5) is 0 Å². The first-order valence-corrected chi connectivity index (χ1v) is 8.81. The molecule has 2 aromatic heterocycles. The first-order chi connectivity index (χ1) is 12.6. The number of carbonyl (C=O) groups is 2. The molecule has 132 valence electrons. The second kappa shape index (κ2) is 5.24. The van der Waals surface area contributed by atoms with Gasteiger partial charge in [-0.3, -0.25) is 9.59 Å². The van der Waals surface area contributed by atoms with Gasteiger partial charge in [-0.25, -0.2) is 0 Å². The number of aromatic nitrogens is 1. The first kappa shape index (κ1) is 15.3. The second-order valence-corrected chi connectivity index (χ2v) is 7.13. The molecule has 1 N–H and O–H groups in total. The number of hydrogen-bond donors (Lipinski definition) is 1. The van der Waals surface area contributed by atoms with E-state index >= 15 is 0 Å². The predicted octanol–water partition coefficient (Wildman–Crippen LogP) is 2.40. The molecule has 1 fully saturated rings. The SMILES string of the molecule is C[C@@]12C(=O)N(Cc3ccco3)CC(=O)N1CCc1c2[nH]c2ccccc12. The van der Waals surface area contributed by atoms with Gasteiger partial charge >= 0.3 is 0 Å². The van der Waals surface area contributed by atoms with Crippen molar-refractivity contribution in [2.45, 2.75) is 25.4 Å². The number of H-pyrrole nitrogens is 1. The number of rotatable bonds is 2. The van der Waals surface area contributed by atoms with Crippen molar-refractivity contribution in [3.63, 3.8) is 0 Å². The molecular formula is C20H19N3O3. The molecule has 1 saturated heterocycles. The number of nitrogens with one attached hydrogen (secondary N) is 1. The first-order valence-electron chi connectivity index (χ1n) is 8.81. The fourth-order valence-corrected chi connectivity index (χ4v) is 4.40. The molecule has 0 aliphatic carbocycles. The summed E-state index contributed by atoms with van der Waals surface area (Å²) in [6.07, 6.45) is 2.34. The summed E-state index contributed by atoms with van der Waals surface area (Å²) >= 11 is 0. The van der Waals surface area contributed by atoms with Gasteiger partial charge in [0.05, 0.1) is 18.5 Å². The van der Waals surface area contributed by atoms with Gasteiger partial charge in [-0.1, -0.05) is 18.2 Å². The maximum atomic E-state index is 13.5. The molecule has 0 saturated carbocycles. The summed E-state index contributed by atoms with van der Waals surface area (Å²) in [4.78, 5) is 33.0. The highest BCUT2D eigenvalue weighted by Crippen LogP contribution is 2.42. The van der Waals surface area contributed by atoms with Crippen molar-refractivity contribution in [1.82, 2.24) is 14.8 Å². The molecule has 3 aromatic rings. The van der Waals surface area contributed by atoms with E-state index in [1.807, 2.05) is 31.2 Å². The Labute approximate surface area is 150 Å². The number of benzene rings is 1. The molecule has 5 rings (SSSR count). The van der Waals surface area contributed by atoms with Crippen LogP contribution in [0, 0.1) is 0 Å². The Balaban J connectivity index is 1.63. The van der Waals surface area contributed by atoms with E-state index in [-0.39, 0.29) is 18.4 Å². The van der Waals surface area contributed by atoms with Gasteiger partial charge in [0.25, 0.3) is 5.91 Å². The third kappa shape index (κ3) is 1.92. The number of piperazine rings is 1. The molecule has 1 aromatic carbocycles. The molecule has 0 unspecified atom stereocenters. The van der Waals surface area contributed by atoms with Gasteiger partial charge in [-0.2, -0.15) is 0 Å². The standard InChI is InChI=1S/C20H19N3O3/c1-20-18-15(14-6-2-3-7-16(14)21-18)8-9-23(20)17(24)12-22(19(20)25)11-13-5-4-10-26-13/h2-7,10,21H,8-9,11-12H2,1H3/t20-/m1/s1. The molecule has 4 heterocycles. The minimum absolute atomic E-state index is 0.0250. The van der Waals surface area contributed by atoms with Crippen molar-refractivity contribution >= 4 is 22.7 Å². The van der Waals surface area contributed by atoms with Crippen LogP contribution >= 0.6 is 0 Å². The van der Waals surface area contributed by atoms with Crippen LogP contribution in [0.1, 0.15) is 23.9 Å². The monoisotopic (exact) mass is 349 g/mol. The highest BCUT2D eigenvalue weighted by Gasteiger charge is 2.54. The molecule has 2 amide bonds. The lowest BCUT2D eigenvalue weighted by atomic mass is 9.83. The van der Waals surface area contributed by atoms with Crippen molar-refractivity contribution in [3.05, 3.63) is 59.7 Å². The molecule has 0 radical (unpaired) electrons. The van der Waals surface area contributed by atoms with Gasteiger partial charge in [-0.15, -0.1) is 0 Å². The summed E-state index contributed by atoms with van der Waals surface area (Å²) in [5.74, 6) is 0.583. The summed E-state index contributed by atoms with van der Waals surface area (Å²) in [5.41, 5.74) is 1.98. The summed E-state index contributed by atoms with van der Waals surface area (Å²) in [5, 5.41) is 1.13. The number of amides is 2. The third-order valence-corrected chi connectivity index (χ3v) is 5.68. The Bertz CT molecular complexity index is 1020. The zero-order valence-corrected chi connectivity index (χ0v) is 14.5. The average Bonchev–Trinajstić information content (AvgIpc) is 3.27. The van der Waals surface area contributed by atoms with Gasteiger partial charge in [0.2, 0.25) is 5.91 Å². The van der Waals surface area contributed by atoms with E-state index in [4.69, 9.17) is 4.42 Å². The highest BCUT2D eigenvalue weighted by molar-refractivity contribution is 6.00. The second-order valence-electron chi connectivity index (χ2n) is 7.13. The molecule has 6 nitrogen and oxygen atoms in total. The number of furan rings is 1. The van der Waals surface area contributed by atoms with Crippen LogP contribution in [0.5, 0.6) is 0 Å². The van der Waals surface area contributed by atoms with Gasteiger partial charge in [0.15, 0.2) is 5.54 Å². The minimum Gasteiger partial charge on any atom is -0.467 e. The summed E-state index contributed by atoms with van der Waals surface area (Å²) < 4.78 is 5.38. The van der Waals surface area contributed by atoms with Crippen LogP contribution < -0.4 is 0 Å². The van der Waals surface area contributed by atoms with Crippen LogP contribution in [0.3, 0.4) is 0 Å². The third-order valence-electron chi connectivity index (χ3n) is 5.68. The van der Waals surface area contributed by atoms with Crippen LogP contribution in [0.25, 0.3) is 10.9 Å². The van der Waals surface area contributed by atoms with Crippen molar-refractivity contribution in [1.29, 1.82) is 0 Å². The van der Waals surface area contributed by atoms with Gasteiger partial charge in [0, 0.05) is 17.4 Å². The summed E-state index contributed by atoms with van der Waals surface area (Å²) in [6.45, 7) is 2.81. The molecule has 0 bridgehead atoms. The Hall–Kier alpha value is -3.02. The van der Waals surface area contributed by atoms with Crippen LogP contribution in [-0.2, 0) is 28.1 Å². The lowest BCUT2D eigenvalue weighted by molar-refractivity contribution is -0.166. The lowest BCUT2D eigenvalue weighted by Gasteiger charge is -2.49. The van der Waals surface area contributed by atoms with Crippen molar-refractivity contribution in [2.75, 3.05) is 13.1 Å². The van der Waals surface area contributed by atoms with E-state index in [0.717, 1.165) is 28.6 Å². The summed E-state index contributed by atoms with van der Waals surface area (Å²) in [7, 11) is 0. The van der Waals surface area contributed by atoms with Gasteiger partial charge < -0.3 is 19.2 Å². The zero-order chi connectivity index (χ0) is 17.9. The number of aromatic amines is 1. The van der Waals surface area contributed by atoms with E-state index in [1.165, 1.54) is 0 Å². The normalized spacial score (nSPS) is 22.7. The topological polar surface area (TPSA) is 69.6 Å². The number of para-hydroxylation sites is 1. The maximum absolute atomic E-state index is 13.5. The summed E-state index contributed by atoms with van der Waals surface area (Å²) in [6, 6.07) is 11.7. The van der Waals surface area contributed by atoms with Crippen molar-refractivity contribution in [2.24, 2.45) is 0 Å². The number of fused-ring (bicyclic) bond motifs is 5. The van der Waals surface area contributed by atoms with E-state index in [9.17, 15) is 9.59 Å². The molecule has 1 atom stereocenters. The van der Waals surface area contributed by atoms with Crippen molar-refractivity contribution in [3.8, 4) is 0 Å². The van der Waals surface area contributed by atoms with Gasteiger partial charge in [0.1, 0.15) is 12.3 Å². The van der Waals surface area contributed by atoms with E-state index in [1.54, 1.807) is 22.1 Å². The Morgan fingerprint density at radius 1 is 1.19 bits per heavy atom. The lowest BCUT2D eigenvalue weighted by Crippen LogP contribution is -2.66. The molecule has 2 aliphatic rings. The molecule has 26 heavy (non-hydrogen) atoms. The van der Waals surface area contributed by atoms with Crippen LogP contribution in [-0.4, -0.2) is 39.7 Å². The van der Waals surface area contributed by atoms with E-state index in [2.05, 4.69) is 11.1 Å². The fraction of sp³-hybridized carbons (Fsp3) is 0.300. The average molecular weight is 349 g/mol. The number of nitrogens with zero attached hydrogens (tertiary/aromatic N) is 2. The van der Waals surface area contributed by atoms with Crippen LogP contribution in [0.15, 0.2) is 47.1 Å². The molecule has 2 aliphatic heterocycles. The quantitative estimate of drug-likeness (QED) is 0.772. The Kier molecular flexibility index (Phi) is 3.07. The molecule has 0 spiro atoms. The van der Waals surface area contributed by atoms with Gasteiger partial charge in [-0.05, 0) is 37.1 Å². The number of carbonyl (C=O) groups excluding carboxylic acids is 2. The van der Waals surface area contributed by atoms with E-state index < -0.39 is 5.54 Å². The van der Waals surface area contributed by atoms with E-state index in [0.29, 0.717) is 18.8 Å². The van der Waals surface area contributed by atoms with Crippen LogP contribution in [0.2, 0.25) is 0 Å². The highest BCUT2D eigenvalue weighted by atomic mass is 16.3. The fourth-order valence-electron chi connectivity index (χ4n) is 4.40. The molecular weight excluding hydrogens is 330 g/mol. The predicted molar refractivity (Wildman–Crippen MR) is 95.2 cm³/mol. The molecule has 6 heteroatoms. The maximum Gasteiger partial charge on any atom is 0.255 e. The number of hydrogen-bond acceptors (Lipinski definition) is 3.